The summed E-state index contributed by atoms with van der Waals surface area (Å²) in [4.78, 5) is 0. The van der Waals surface area contributed by atoms with E-state index in [4.69, 9.17) is 0 Å². The van der Waals surface area contributed by atoms with Gasteiger partial charge in [-0.05, 0) is 92.2 Å². The molecule has 0 aliphatic carbocycles. The molecule has 0 saturated carbocycles. The highest BCUT2D eigenvalue weighted by Gasteiger charge is 2.74. The molecule has 6 aliphatic heterocycles. The summed E-state index contributed by atoms with van der Waals surface area (Å²) in [5.74, 6) is -0.752. The van der Waals surface area contributed by atoms with Gasteiger partial charge in [0.2, 0.25) is 22.5 Å². The summed E-state index contributed by atoms with van der Waals surface area (Å²) in [6.07, 6.45) is 12.5. The average molecular weight is 637 g/mol. The second-order valence-electron chi connectivity index (χ2n) is 14.5. The fourth-order valence-corrected chi connectivity index (χ4v) is 11.0. The van der Waals surface area contributed by atoms with E-state index in [1.54, 1.807) is 0 Å². The predicted molar refractivity (Wildman–Crippen MR) is 192 cm³/mol. The normalized spacial score (nSPS) is 21.2. The Morgan fingerprint density at radius 3 is 2.19 bits per heavy atom. The quantitative estimate of drug-likeness (QED) is 0.291. The molecule has 4 aromatic rings. The Morgan fingerprint density at radius 2 is 1.48 bits per heavy atom. The lowest BCUT2D eigenvalue weighted by molar-refractivity contribution is -0.589. The van der Waals surface area contributed by atoms with Gasteiger partial charge >= 0.3 is 5.91 Å². The first kappa shape index (κ1) is 28.7. The highest BCUT2D eigenvalue weighted by Crippen LogP contribution is 2.52. The Morgan fingerprint density at radius 1 is 0.750 bits per heavy atom. The Hall–Kier alpha value is -4.26. The SMILES string of the molecule is CCC1=C(CC)C2=[N+]3C1=c1c4c(cc5ccccc15)C(CC)(CC)C1=Cc5c(C)c(CCO)c6n5C3(n3c(c(C)c(CCO)c3=C6)=C2)[N+]=41. The lowest BCUT2D eigenvalue weighted by Gasteiger charge is -2.39. The van der Waals surface area contributed by atoms with E-state index < -0.39 is 5.91 Å². The molecule has 2 aromatic heterocycles. The van der Waals surface area contributed by atoms with Crippen LogP contribution in [0.4, 0.5) is 0 Å². The minimum Gasteiger partial charge on any atom is -0.396 e. The van der Waals surface area contributed by atoms with Crippen LogP contribution in [-0.2, 0) is 24.2 Å². The monoisotopic (exact) mass is 636 g/mol. The maximum Gasteiger partial charge on any atom is 0.553 e. The minimum atomic E-state index is -0.752. The van der Waals surface area contributed by atoms with Gasteiger partial charge in [0.15, 0.2) is 0 Å². The van der Waals surface area contributed by atoms with E-state index in [0.717, 1.165) is 25.7 Å². The first-order valence-corrected chi connectivity index (χ1v) is 18.2. The highest BCUT2D eigenvalue weighted by molar-refractivity contribution is 6.22. The van der Waals surface area contributed by atoms with Gasteiger partial charge in [-0.2, -0.15) is 9.13 Å². The summed E-state index contributed by atoms with van der Waals surface area (Å²) < 4.78 is 10.8. The Kier molecular flexibility index (Phi) is 5.53. The van der Waals surface area contributed by atoms with Crippen molar-refractivity contribution in [3.8, 4) is 0 Å². The molecule has 2 aromatic carbocycles. The summed E-state index contributed by atoms with van der Waals surface area (Å²) in [7, 11) is 0. The van der Waals surface area contributed by atoms with Gasteiger partial charge in [-0.1, -0.05) is 61.1 Å². The van der Waals surface area contributed by atoms with Gasteiger partial charge in [0.25, 0.3) is 0 Å². The van der Waals surface area contributed by atoms with Crippen LogP contribution in [-0.4, -0.2) is 42.8 Å². The Bertz CT molecular complexity index is 2600. The third kappa shape index (κ3) is 2.75. The molecule has 10 rings (SSSR count). The zero-order valence-corrected chi connectivity index (χ0v) is 29.0. The van der Waals surface area contributed by atoms with Crippen LogP contribution in [0.3, 0.4) is 0 Å². The molecule has 1 spiro atoms. The molecule has 1 unspecified atom stereocenters. The van der Waals surface area contributed by atoms with Crippen molar-refractivity contribution in [3.63, 3.8) is 0 Å². The maximum absolute atomic E-state index is 10.4. The molecule has 0 amide bonds. The van der Waals surface area contributed by atoms with E-state index in [0.29, 0.717) is 12.8 Å². The fourth-order valence-electron chi connectivity index (χ4n) is 11.0. The van der Waals surface area contributed by atoms with Gasteiger partial charge in [0.05, 0.1) is 27.5 Å². The number of aromatic nitrogens is 2. The summed E-state index contributed by atoms with van der Waals surface area (Å²) in [5.41, 5.74) is 15.6. The van der Waals surface area contributed by atoms with Gasteiger partial charge in [-0.3, -0.25) is 0 Å². The van der Waals surface area contributed by atoms with Crippen LogP contribution in [0, 0.1) is 13.8 Å². The number of fused-ring (bicyclic) bond motifs is 2. The molecule has 8 heterocycles. The number of benzene rings is 2. The van der Waals surface area contributed by atoms with Crippen LogP contribution >= 0.6 is 0 Å². The number of hydrogen-bond acceptors (Lipinski definition) is 2. The molecule has 6 nitrogen and oxygen atoms in total. The van der Waals surface area contributed by atoms with Gasteiger partial charge < -0.3 is 10.2 Å². The number of allylic oxidation sites excluding steroid dienone is 2. The molecule has 0 fully saturated rings. The molecule has 2 N–H and O–H groups in total. The van der Waals surface area contributed by atoms with Crippen LogP contribution in [0.2, 0.25) is 0 Å². The summed E-state index contributed by atoms with van der Waals surface area (Å²) in [6, 6.07) is 11.6. The number of rotatable bonds is 8. The second-order valence-corrected chi connectivity index (χ2v) is 14.5. The summed E-state index contributed by atoms with van der Waals surface area (Å²) in [6.45, 7) is 14.1. The third-order valence-electron chi connectivity index (χ3n) is 13.1. The largest absolute Gasteiger partial charge is 0.553 e. The highest BCUT2D eigenvalue weighted by atomic mass is 16.3. The zero-order chi connectivity index (χ0) is 33.0. The lowest BCUT2D eigenvalue weighted by Crippen LogP contribution is -2.74. The molecular formula is C42H44N4O2+2. The van der Waals surface area contributed by atoms with Crippen molar-refractivity contribution in [2.24, 2.45) is 0 Å². The number of aliphatic hydroxyl groups excluding tert-OH is 2. The van der Waals surface area contributed by atoms with Crippen LogP contribution in [0.15, 0.2) is 47.2 Å². The van der Waals surface area contributed by atoms with E-state index in [9.17, 15) is 10.2 Å². The summed E-state index contributed by atoms with van der Waals surface area (Å²) >= 11 is 0. The second kappa shape index (κ2) is 9.25. The van der Waals surface area contributed by atoms with E-state index in [-0.39, 0.29) is 18.6 Å². The van der Waals surface area contributed by atoms with Crippen LogP contribution in [0.5, 0.6) is 0 Å². The predicted octanol–water partition coefficient (Wildman–Crippen LogP) is 3.50. The third-order valence-corrected chi connectivity index (χ3v) is 13.1. The van der Waals surface area contributed by atoms with Gasteiger partial charge in [0.1, 0.15) is 5.22 Å². The molecule has 6 aliphatic rings. The first-order valence-electron chi connectivity index (χ1n) is 18.2. The van der Waals surface area contributed by atoms with Crippen molar-refractivity contribution in [3.05, 3.63) is 108 Å². The van der Waals surface area contributed by atoms with E-state index >= 15 is 0 Å². The van der Waals surface area contributed by atoms with Crippen LogP contribution in [0.1, 0.15) is 92.6 Å². The van der Waals surface area contributed by atoms with E-state index in [2.05, 4.69) is 108 Å². The standard InChI is InChI=1S/C42H44N4O2/c1-7-26-27(8-2)39-38-30-14-12-11-13-25(30)19-31-40(38)46-37(41(31,9-3)10-4)22-33-24(6)29(16-18-48)36-21-35-28(15-17-47)23(5)32-20-34(26)45(39)42(46,43(32)35)44(33)36/h11-14,19-22,47-48H,7-10,15-18H2,1-6H3/q+2. The summed E-state index contributed by atoms with van der Waals surface area (Å²) in [5, 5.41) is 28.7. The number of hydrogen-bond donors (Lipinski definition) is 2. The van der Waals surface area contributed by atoms with Gasteiger partial charge in [-0.15, -0.1) is 0 Å². The molecule has 48 heavy (non-hydrogen) atoms. The average Bonchev–Trinajstić information content (AvgIpc) is 3.77. The van der Waals surface area contributed by atoms with Crippen molar-refractivity contribution in [2.45, 2.75) is 91.4 Å². The fraction of sp³-hybridized carbons (Fsp3) is 0.381. The van der Waals surface area contributed by atoms with E-state index in [1.165, 1.54) is 99.5 Å². The Labute approximate surface area is 280 Å². The molecule has 0 radical (unpaired) electrons. The van der Waals surface area contributed by atoms with Crippen molar-refractivity contribution >= 4 is 40.4 Å². The number of aliphatic hydroxyl groups is 2. The molecule has 0 saturated heterocycles. The van der Waals surface area contributed by atoms with E-state index in [1.807, 2.05) is 0 Å². The molecule has 1 atom stereocenters. The van der Waals surface area contributed by atoms with Crippen molar-refractivity contribution in [2.75, 3.05) is 13.2 Å². The zero-order valence-electron chi connectivity index (χ0n) is 29.0. The van der Waals surface area contributed by atoms with Crippen LogP contribution in [0.25, 0.3) is 34.7 Å². The lowest BCUT2D eigenvalue weighted by atomic mass is 9.73. The Balaban J connectivity index is 1.59. The first-order chi connectivity index (χ1) is 23.4. The maximum atomic E-state index is 10.4. The van der Waals surface area contributed by atoms with Crippen molar-refractivity contribution in [1.29, 1.82) is 0 Å². The van der Waals surface area contributed by atoms with Gasteiger partial charge in [0, 0.05) is 47.5 Å². The van der Waals surface area contributed by atoms with Gasteiger partial charge in [-0.25, -0.2) is 0 Å². The number of nitrogens with zero attached hydrogens (tertiary/aromatic N) is 4. The molecule has 6 heteroatoms. The van der Waals surface area contributed by atoms with Crippen LogP contribution < -0.4 is 25.8 Å². The van der Waals surface area contributed by atoms with Crippen molar-refractivity contribution in [1.82, 2.24) is 13.7 Å². The molecular weight excluding hydrogens is 592 g/mol. The molecule has 0 bridgehead atoms. The smallest absolute Gasteiger partial charge is 0.396 e. The van der Waals surface area contributed by atoms with Crippen molar-refractivity contribution < 1.29 is 14.8 Å². The molecule has 242 valence electrons. The topological polar surface area (TPSA) is 56.3 Å². The minimum absolute atomic E-state index is 0.104.